The van der Waals surface area contributed by atoms with Gasteiger partial charge in [0.25, 0.3) is 0 Å². The van der Waals surface area contributed by atoms with Gasteiger partial charge in [-0.2, -0.15) is 0 Å². The van der Waals surface area contributed by atoms with E-state index < -0.39 is 30.1 Å². The molecular formula is C27H29N3O5. The number of nitrogens with one attached hydrogen (secondary N) is 2. The monoisotopic (exact) mass is 475 g/mol. The van der Waals surface area contributed by atoms with Crippen molar-refractivity contribution >= 4 is 18.0 Å². The van der Waals surface area contributed by atoms with Crippen LogP contribution in [0.3, 0.4) is 0 Å². The van der Waals surface area contributed by atoms with Gasteiger partial charge in [-0.05, 0) is 48.2 Å². The summed E-state index contributed by atoms with van der Waals surface area (Å²) >= 11 is 0. The first kappa shape index (κ1) is 24.1. The second kappa shape index (κ2) is 10.5. The van der Waals surface area contributed by atoms with Gasteiger partial charge in [0.1, 0.15) is 18.7 Å². The standard InChI is InChI=1S/C27H29N3O5/c1-3-30(17(2)26(32)33)25(31)24(15-18-9-8-14-28-18)29-27(34)35-16-23-21-12-6-4-10-19(21)20-11-5-7-13-22(20)23/h4-14,17,23-24,28H,3,15-16H2,1-2H3,(H,29,34)(H,32,33). The van der Waals surface area contributed by atoms with E-state index in [9.17, 15) is 19.5 Å². The molecule has 3 N–H and O–H groups in total. The number of nitrogens with zero attached hydrogens (tertiary/aromatic N) is 1. The van der Waals surface area contributed by atoms with E-state index >= 15 is 0 Å². The van der Waals surface area contributed by atoms with Gasteiger partial charge in [-0.1, -0.05) is 48.5 Å². The minimum atomic E-state index is -1.11. The lowest BCUT2D eigenvalue weighted by Crippen LogP contribution is -2.54. The average Bonchev–Trinajstić information content (AvgIpc) is 3.48. The van der Waals surface area contributed by atoms with Gasteiger partial charge in [-0.15, -0.1) is 0 Å². The number of hydrogen-bond acceptors (Lipinski definition) is 4. The number of H-pyrrole nitrogens is 1. The molecule has 1 aliphatic rings. The lowest BCUT2D eigenvalue weighted by Gasteiger charge is -2.29. The molecule has 8 nitrogen and oxygen atoms in total. The number of carbonyl (C=O) groups is 3. The maximum Gasteiger partial charge on any atom is 0.407 e. The van der Waals surface area contributed by atoms with Crippen molar-refractivity contribution in [2.45, 2.75) is 38.3 Å². The van der Waals surface area contributed by atoms with Crippen LogP contribution >= 0.6 is 0 Å². The summed E-state index contributed by atoms with van der Waals surface area (Å²) in [6.45, 7) is 3.46. The predicted octanol–water partition coefficient (Wildman–Crippen LogP) is 3.79. The number of hydrogen-bond donors (Lipinski definition) is 3. The Kier molecular flexibility index (Phi) is 7.19. The first-order chi connectivity index (χ1) is 16.9. The molecule has 35 heavy (non-hydrogen) atoms. The van der Waals surface area contributed by atoms with E-state index in [4.69, 9.17) is 4.74 Å². The molecule has 0 radical (unpaired) electrons. The molecule has 1 aliphatic carbocycles. The summed E-state index contributed by atoms with van der Waals surface area (Å²) in [4.78, 5) is 41.9. The quantitative estimate of drug-likeness (QED) is 0.436. The predicted molar refractivity (Wildman–Crippen MR) is 131 cm³/mol. The van der Waals surface area contributed by atoms with Crippen LogP contribution in [0.5, 0.6) is 0 Å². The number of rotatable bonds is 9. The maximum atomic E-state index is 13.2. The first-order valence-corrected chi connectivity index (χ1v) is 11.7. The molecule has 1 heterocycles. The Bertz CT molecular complexity index is 1160. The van der Waals surface area contributed by atoms with Gasteiger partial charge < -0.3 is 25.0 Å². The third-order valence-corrected chi connectivity index (χ3v) is 6.47. The van der Waals surface area contributed by atoms with Crippen molar-refractivity contribution in [3.8, 4) is 11.1 Å². The van der Waals surface area contributed by atoms with Crippen LogP contribution in [0.2, 0.25) is 0 Å². The number of ether oxygens (including phenoxy) is 1. The van der Waals surface area contributed by atoms with Crippen LogP contribution in [0.15, 0.2) is 66.9 Å². The molecule has 0 fully saturated rings. The molecule has 0 bridgehead atoms. The van der Waals surface area contributed by atoms with Gasteiger partial charge in [0.2, 0.25) is 5.91 Å². The van der Waals surface area contributed by atoms with Gasteiger partial charge >= 0.3 is 12.1 Å². The lowest BCUT2D eigenvalue weighted by molar-refractivity contribution is -0.150. The summed E-state index contributed by atoms with van der Waals surface area (Å²) in [5, 5.41) is 12.1. The number of aliphatic carboxylic acids is 1. The summed E-state index contributed by atoms with van der Waals surface area (Å²) in [5.74, 6) is -1.70. The number of likely N-dealkylation sites (N-methyl/N-ethyl adjacent to an activating group) is 1. The highest BCUT2D eigenvalue weighted by atomic mass is 16.5. The molecule has 0 spiro atoms. The zero-order valence-corrected chi connectivity index (χ0v) is 19.7. The first-order valence-electron chi connectivity index (χ1n) is 11.7. The van der Waals surface area contributed by atoms with E-state index in [-0.39, 0.29) is 25.5 Å². The maximum absolute atomic E-state index is 13.2. The van der Waals surface area contributed by atoms with Crippen LogP contribution in [0.25, 0.3) is 11.1 Å². The topological polar surface area (TPSA) is 112 Å². The molecule has 2 aromatic carbocycles. The highest BCUT2D eigenvalue weighted by Gasteiger charge is 2.33. The minimum Gasteiger partial charge on any atom is -0.480 e. The normalized spacial score (nSPS) is 13.9. The molecule has 0 aliphatic heterocycles. The Morgan fingerprint density at radius 2 is 1.66 bits per heavy atom. The minimum absolute atomic E-state index is 0.107. The lowest BCUT2D eigenvalue weighted by atomic mass is 9.98. The van der Waals surface area contributed by atoms with E-state index in [1.165, 1.54) is 11.8 Å². The Morgan fingerprint density at radius 1 is 1.03 bits per heavy atom. The number of amides is 2. The number of carboxylic acid groups (broad SMARTS) is 1. The molecule has 2 unspecified atom stereocenters. The number of aromatic nitrogens is 1. The largest absolute Gasteiger partial charge is 0.480 e. The highest BCUT2D eigenvalue weighted by molar-refractivity contribution is 5.89. The third kappa shape index (κ3) is 5.06. The smallest absolute Gasteiger partial charge is 0.407 e. The van der Waals surface area contributed by atoms with Crippen molar-refractivity contribution in [1.82, 2.24) is 15.2 Å². The summed E-state index contributed by atoms with van der Waals surface area (Å²) in [6, 6.07) is 17.7. The van der Waals surface area contributed by atoms with Crippen molar-refractivity contribution in [2.75, 3.05) is 13.2 Å². The van der Waals surface area contributed by atoms with Crippen LogP contribution in [0, 0.1) is 0 Å². The number of alkyl carbamates (subject to hydrolysis) is 1. The molecule has 2 amide bonds. The van der Waals surface area contributed by atoms with Crippen LogP contribution in [0.1, 0.15) is 36.6 Å². The van der Waals surface area contributed by atoms with Crippen molar-refractivity contribution in [1.29, 1.82) is 0 Å². The second-order valence-electron chi connectivity index (χ2n) is 8.56. The highest BCUT2D eigenvalue weighted by Crippen LogP contribution is 2.44. The van der Waals surface area contributed by atoms with E-state index in [1.54, 1.807) is 25.3 Å². The van der Waals surface area contributed by atoms with Crippen molar-refractivity contribution < 1.29 is 24.2 Å². The van der Waals surface area contributed by atoms with Gasteiger partial charge in [0, 0.05) is 30.8 Å². The zero-order chi connectivity index (χ0) is 24.9. The molecule has 1 aromatic heterocycles. The van der Waals surface area contributed by atoms with Gasteiger partial charge in [-0.3, -0.25) is 4.79 Å². The van der Waals surface area contributed by atoms with Crippen LogP contribution in [-0.2, 0) is 20.7 Å². The Labute approximate surface area is 203 Å². The van der Waals surface area contributed by atoms with Crippen LogP contribution in [-0.4, -0.2) is 58.2 Å². The summed E-state index contributed by atoms with van der Waals surface area (Å²) in [6.07, 6.45) is 1.18. The van der Waals surface area contributed by atoms with E-state index in [2.05, 4.69) is 22.4 Å². The number of aromatic amines is 1. The number of fused-ring (bicyclic) bond motifs is 3. The Hall–Kier alpha value is -4.07. The molecule has 182 valence electrons. The average molecular weight is 476 g/mol. The van der Waals surface area contributed by atoms with Gasteiger partial charge in [0.15, 0.2) is 0 Å². The fourth-order valence-corrected chi connectivity index (χ4v) is 4.65. The van der Waals surface area contributed by atoms with Crippen molar-refractivity contribution in [2.24, 2.45) is 0 Å². The Morgan fingerprint density at radius 3 is 2.20 bits per heavy atom. The zero-order valence-electron chi connectivity index (χ0n) is 19.7. The molecule has 0 saturated carbocycles. The molecule has 2 atom stereocenters. The Balaban J connectivity index is 1.48. The molecule has 8 heteroatoms. The van der Waals surface area contributed by atoms with Crippen molar-refractivity contribution in [3.63, 3.8) is 0 Å². The molecule has 3 aromatic rings. The third-order valence-electron chi connectivity index (χ3n) is 6.47. The van der Waals surface area contributed by atoms with Gasteiger partial charge in [0.05, 0.1) is 0 Å². The number of carbonyl (C=O) groups excluding carboxylic acids is 2. The van der Waals surface area contributed by atoms with Crippen molar-refractivity contribution in [3.05, 3.63) is 83.7 Å². The second-order valence-corrected chi connectivity index (χ2v) is 8.56. The van der Waals surface area contributed by atoms with E-state index in [0.29, 0.717) is 0 Å². The van der Waals surface area contributed by atoms with Gasteiger partial charge in [-0.25, -0.2) is 9.59 Å². The van der Waals surface area contributed by atoms with Crippen LogP contribution < -0.4 is 5.32 Å². The molecule has 0 saturated heterocycles. The summed E-state index contributed by atoms with van der Waals surface area (Å²) < 4.78 is 5.61. The summed E-state index contributed by atoms with van der Waals surface area (Å²) in [7, 11) is 0. The fourth-order valence-electron chi connectivity index (χ4n) is 4.65. The molecule has 4 rings (SSSR count). The van der Waals surface area contributed by atoms with E-state index in [0.717, 1.165) is 27.9 Å². The molecular weight excluding hydrogens is 446 g/mol. The number of benzene rings is 2. The SMILES string of the molecule is CCN(C(=O)C(Cc1ccc[nH]1)NC(=O)OCC1c2ccccc2-c2ccccc21)C(C)C(=O)O. The van der Waals surface area contributed by atoms with Crippen LogP contribution in [0.4, 0.5) is 4.79 Å². The fraction of sp³-hybridized carbons (Fsp3) is 0.296. The van der Waals surface area contributed by atoms with E-state index in [1.807, 2.05) is 36.4 Å². The number of carboxylic acids is 1. The summed E-state index contributed by atoms with van der Waals surface area (Å²) in [5.41, 5.74) is 5.17.